The van der Waals surface area contributed by atoms with Gasteiger partial charge >= 0.3 is 0 Å². The summed E-state index contributed by atoms with van der Waals surface area (Å²) in [6.07, 6.45) is -2.05. The molecule has 2 nitrogen and oxygen atoms in total. The van der Waals surface area contributed by atoms with Gasteiger partial charge in [-0.1, -0.05) is 15.9 Å². The van der Waals surface area contributed by atoms with E-state index in [9.17, 15) is 8.78 Å². The van der Waals surface area contributed by atoms with Gasteiger partial charge in [-0.3, -0.25) is 5.32 Å². The SMILES string of the molecule is COCNC1CC(F)C(F)[C@](C)(Br)C1. The minimum atomic E-state index is -1.43. The average Bonchev–Trinajstić information content (AvgIpc) is 2.10. The molecule has 3 unspecified atom stereocenters. The van der Waals surface area contributed by atoms with Crippen LogP contribution in [0.25, 0.3) is 0 Å². The Bertz CT molecular complexity index is 192. The maximum atomic E-state index is 13.4. The first-order valence-corrected chi connectivity index (χ1v) is 5.46. The van der Waals surface area contributed by atoms with E-state index in [1.54, 1.807) is 14.0 Å². The fraction of sp³-hybridized carbons (Fsp3) is 1.00. The molecule has 1 N–H and O–H groups in total. The molecule has 0 aliphatic heterocycles. The number of rotatable bonds is 3. The monoisotopic (exact) mass is 271 g/mol. The molecular formula is C9H16BrF2NO. The maximum absolute atomic E-state index is 13.4. The lowest BCUT2D eigenvalue weighted by Gasteiger charge is -2.38. The molecule has 1 saturated carbocycles. The van der Waals surface area contributed by atoms with Crippen molar-refractivity contribution in [2.75, 3.05) is 13.8 Å². The number of halogens is 3. The molecule has 0 amide bonds. The maximum Gasteiger partial charge on any atom is 0.146 e. The van der Waals surface area contributed by atoms with Crippen molar-refractivity contribution in [3.05, 3.63) is 0 Å². The molecule has 0 spiro atoms. The van der Waals surface area contributed by atoms with Crippen LogP contribution in [0.15, 0.2) is 0 Å². The Labute approximate surface area is 91.5 Å². The van der Waals surface area contributed by atoms with E-state index in [0.717, 1.165) is 0 Å². The second kappa shape index (κ2) is 4.86. The van der Waals surface area contributed by atoms with Gasteiger partial charge in [0.15, 0.2) is 0 Å². The topological polar surface area (TPSA) is 21.3 Å². The summed E-state index contributed by atoms with van der Waals surface area (Å²) in [5.41, 5.74) is 0. The summed E-state index contributed by atoms with van der Waals surface area (Å²) in [5.74, 6) is 0. The lowest BCUT2D eigenvalue weighted by atomic mass is 9.84. The predicted octanol–water partition coefficient (Wildman–Crippen LogP) is 2.17. The van der Waals surface area contributed by atoms with Crippen molar-refractivity contribution >= 4 is 15.9 Å². The molecule has 1 fully saturated rings. The normalized spacial score (nSPS) is 43.9. The Morgan fingerprint density at radius 3 is 2.71 bits per heavy atom. The van der Waals surface area contributed by atoms with Crippen molar-refractivity contribution in [1.82, 2.24) is 5.32 Å². The van der Waals surface area contributed by atoms with E-state index in [4.69, 9.17) is 4.74 Å². The van der Waals surface area contributed by atoms with E-state index in [1.807, 2.05) is 0 Å². The molecule has 0 bridgehead atoms. The van der Waals surface area contributed by atoms with Crippen LogP contribution in [-0.4, -0.2) is 36.6 Å². The molecular weight excluding hydrogens is 256 g/mol. The summed E-state index contributed by atoms with van der Waals surface area (Å²) in [6, 6.07) is -0.0266. The molecule has 0 aromatic carbocycles. The second-order valence-corrected chi connectivity index (χ2v) is 5.78. The summed E-state index contributed by atoms with van der Waals surface area (Å²) in [4.78, 5) is 0. The number of methoxy groups -OCH3 is 1. The lowest BCUT2D eigenvalue weighted by molar-refractivity contribution is 0.0634. The van der Waals surface area contributed by atoms with Crippen LogP contribution in [0, 0.1) is 0 Å². The summed E-state index contributed by atoms with van der Waals surface area (Å²) in [5, 5.41) is 3.02. The van der Waals surface area contributed by atoms with E-state index in [1.165, 1.54) is 0 Å². The van der Waals surface area contributed by atoms with Gasteiger partial charge in [-0.25, -0.2) is 8.78 Å². The van der Waals surface area contributed by atoms with E-state index in [2.05, 4.69) is 21.2 Å². The van der Waals surface area contributed by atoms with Gasteiger partial charge in [-0.15, -0.1) is 0 Å². The Balaban J connectivity index is 2.51. The van der Waals surface area contributed by atoms with Crippen molar-refractivity contribution in [2.24, 2.45) is 0 Å². The molecule has 1 aliphatic carbocycles. The van der Waals surface area contributed by atoms with Crippen LogP contribution in [0.4, 0.5) is 8.78 Å². The molecule has 0 aromatic heterocycles. The molecule has 14 heavy (non-hydrogen) atoms. The smallest absolute Gasteiger partial charge is 0.146 e. The molecule has 0 saturated heterocycles. The van der Waals surface area contributed by atoms with E-state index < -0.39 is 16.7 Å². The van der Waals surface area contributed by atoms with Crippen molar-refractivity contribution < 1.29 is 13.5 Å². The molecule has 1 rings (SSSR count). The van der Waals surface area contributed by atoms with Gasteiger partial charge in [0.25, 0.3) is 0 Å². The van der Waals surface area contributed by atoms with Crippen LogP contribution in [0.1, 0.15) is 19.8 Å². The van der Waals surface area contributed by atoms with Crippen LogP contribution in [0.3, 0.4) is 0 Å². The van der Waals surface area contributed by atoms with Crippen LogP contribution >= 0.6 is 15.9 Å². The molecule has 4 atom stereocenters. The first-order chi connectivity index (χ1) is 6.47. The molecule has 0 radical (unpaired) electrons. The molecule has 0 heterocycles. The minimum absolute atomic E-state index is 0.0266. The van der Waals surface area contributed by atoms with Crippen LogP contribution < -0.4 is 5.32 Å². The first kappa shape index (κ1) is 12.3. The summed E-state index contributed by atoms with van der Waals surface area (Å²) < 4.78 is 30.7. The number of ether oxygens (including phenoxy) is 1. The fourth-order valence-corrected chi connectivity index (χ4v) is 2.48. The largest absolute Gasteiger partial charge is 0.370 e. The highest BCUT2D eigenvalue weighted by molar-refractivity contribution is 9.10. The predicted molar refractivity (Wildman–Crippen MR) is 55.2 cm³/mol. The van der Waals surface area contributed by atoms with Crippen LogP contribution in [0.5, 0.6) is 0 Å². The summed E-state index contributed by atoms with van der Waals surface area (Å²) >= 11 is 3.23. The van der Waals surface area contributed by atoms with Crippen molar-refractivity contribution in [3.8, 4) is 0 Å². The number of alkyl halides is 3. The van der Waals surface area contributed by atoms with Gasteiger partial charge < -0.3 is 4.74 Å². The zero-order chi connectivity index (χ0) is 10.8. The molecule has 1 aliphatic rings. The molecule has 0 aromatic rings. The number of hydrogen-bond donors (Lipinski definition) is 1. The first-order valence-electron chi connectivity index (χ1n) is 4.66. The third-order valence-corrected chi connectivity index (χ3v) is 3.33. The highest BCUT2D eigenvalue weighted by Crippen LogP contribution is 2.39. The lowest BCUT2D eigenvalue weighted by Crippen LogP contribution is -2.51. The van der Waals surface area contributed by atoms with Gasteiger partial charge in [0, 0.05) is 13.2 Å². The fourth-order valence-electron chi connectivity index (χ4n) is 1.80. The zero-order valence-electron chi connectivity index (χ0n) is 8.40. The Morgan fingerprint density at radius 1 is 1.57 bits per heavy atom. The standard InChI is InChI=1S/C9H16BrF2NO/c1-9(10)4-6(13-5-14-2)3-7(11)8(9)12/h6-8,13H,3-5H2,1-2H3/t6?,7?,8?,9-/m1/s1. The third-order valence-electron chi connectivity index (χ3n) is 2.56. The summed E-state index contributed by atoms with van der Waals surface area (Å²) in [6.45, 7) is 2.06. The van der Waals surface area contributed by atoms with Gasteiger partial charge in [0.2, 0.25) is 0 Å². The Hall–Kier alpha value is 0.260. The summed E-state index contributed by atoms with van der Waals surface area (Å²) in [7, 11) is 1.56. The molecule has 84 valence electrons. The van der Waals surface area contributed by atoms with E-state index in [-0.39, 0.29) is 12.5 Å². The van der Waals surface area contributed by atoms with Crippen molar-refractivity contribution in [2.45, 2.75) is 42.5 Å². The van der Waals surface area contributed by atoms with Crippen molar-refractivity contribution in [3.63, 3.8) is 0 Å². The quantitative estimate of drug-likeness (QED) is 0.628. The Morgan fingerprint density at radius 2 is 2.21 bits per heavy atom. The third kappa shape index (κ3) is 2.87. The minimum Gasteiger partial charge on any atom is -0.370 e. The van der Waals surface area contributed by atoms with Crippen molar-refractivity contribution in [1.29, 1.82) is 0 Å². The van der Waals surface area contributed by atoms with Gasteiger partial charge in [-0.2, -0.15) is 0 Å². The van der Waals surface area contributed by atoms with Crippen LogP contribution in [-0.2, 0) is 4.74 Å². The number of hydrogen-bond acceptors (Lipinski definition) is 2. The van der Waals surface area contributed by atoms with Gasteiger partial charge in [0.05, 0.1) is 11.1 Å². The van der Waals surface area contributed by atoms with E-state index >= 15 is 0 Å². The highest BCUT2D eigenvalue weighted by Gasteiger charge is 2.45. The average molecular weight is 272 g/mol. The number of nitrogens with one attached hydrogen (secondary N) is 1. The highest BCUT2D eigenvalue weighted by atomic mass is 79.9. The van der Waals surface area contributed by atoms with Gasteiger partial charge in [0.1, 0.15) is 12.3 Å². The van der Waals surface area contributed by atoms with Crippen LogP contribution in [0.2, 0.25) is 0 Å². The van der Waals surface area contributed by atoms with E-state index in [0.29, 0.717) is 13.2 Å². The molecule has 5 heteroatoms. The van der Waals surface area contributed by atoms with Gasteiger partial charge in [-0.05, 0) is 19.8 Å². The zero-order valence-corrected chi connectivity index (χ0v) is 9.98. The Kier molecular flexibility index (Phi) is 4.28. The second-order valence-electron chi connectivity index (χ2n) is 3.97.